The molecule has 1 aromatic heterocycles. The molecule has 2 N–H and O–H groups in total. The average molecular weight is 483 g/mol. The molecule has 0 saturated carbocycles. The van der Waals surface area contributed by atoms with Crippen molar-refractivity contribution in [1.82, 2.24) is 5.32 Å². The summed E-state index contributed by atoms with van der Waals surface area (Å²) in [6, 6.07) is 6.48. The molecule has 1 aromatic carbocycles. The lowest BCUT2D eigenvalue weighted by atomic mass is 9.95. The van der Waals surface area contributed by atoms with Crippen molar-refractivity contribution in [1.29, 1.82) is 0 Å². The molecule has 1 unspecified atom stereocenters. The Morgan fingerprint density at radius 1 is 1.19 bits per heavy atom. The molecule has 0 radical (unpaired) electrons. The molecule has 2 aromatic rings. The number of fused-ring (bicyclic) bond motifs is 1. The van der Waals surface area contributed by atoms with Gasteiger partial charge >= 0.3 is 0 Å². The second kappa shape index (κ2) is 9.18. The van der Waals surface area contributed by atoms with E-state index in [0.717, 1.165) is 36.1 Å². The van der Waals surface area contributed by atoms with E-state index in [4.69, 9.17) is 16.3 Å². The fraction of sp³-hybridized carbons (Fsp3) is 0.429. The highest BCUT2D eigenvalue weighted by Gasteiger charge is 2.32. The molecule has 7 nitrogen and oxygen atoms in total. The highest BCUT2D eigenvalue weighted by Crippen LogP contribution is 2.38. The Morgan fingerprint density at radius 2 is 1.97 bits per heavy atom. The van der Waals surface area contributed by atoms with Crippen molar-refractivity contribution in [3.05, 3.63) is 45.3 Å². The summed E-state index contributed by atoms with van der Waals surface area (Å²) in [5.74, 6) is -0.272. The van der Waals surface area contributed by atoms with Crippen LogP contribution in [-0.2, 0) is 27.5 Å². The first-order valence-corrected chi connectivity index (χ1v) is 13.2. The Kier molecular flexibility index (Phi) is 6.55. The Morgan fingerprint density at radius 3 is 2.71 bits per heavy atom. The summed E-state index contributed by atoms with van der Waals surface area (Å²) in [6.45, 7) is -0.242. The van der Waals surface area contributed by atoms with Crippen molar-refractivity contribution < 1.29 is 22.7 Å². The van der Waals surface area contributed by atoms with Gasteiger partial charge in [0.15, 0.2) is 16.4 Å². The van der Waals surface area contributed by atoms with Gasteiger partial charge in [0.2, 0.25) is 0 Å². The number of para-hydroxylation sites is 1. The zero-order valence-electron chi connectivity index (χ0n) is 16.8. The van der Waals surface area contributed by atoms with Gasteiger partial charge in [-0.25, -0.2) is 8.42 Å². The van der Waals surface area contributed by atoms with Crippen LogP contribution in [0.2, 0.25) is 5.02 Å². The smallest absolute Gasteiger partial charge is 0.262 e. The third-order valence-corrected chi connectivity index (χ3v) is 8.70. The fourth-order valence-corrected chi connectivity index (χ4v) is 7.09. The number of nitrogens with one attached hydrogen (secondary N) is 2. The number of hydrogen-bond donors (Lipinski definition) is 2. The summed E-state index contributed by atoms with van der Waals surface area (Å²) in [6.07, 6.45) is 4.06. The minimum Gasteiger partial charge on any atom is -0.482 e. The van der Waals surface area contributed by atoms with Gasteiger partial charge in [0.25, 0.3) is 11.8 Å². The number of sulfone groups is 1. The number of rotatable bonds is 6. The number of halogens is 1. The largest absolute Gasteiger partial charge is 0.482 e. The molecule has 1 aliphatic carbocycles. The first-order valence-electron chi connectivity index (χ1n) is 10.2. The van der Waals surface area contributed by atoms with Crippen molar-refractivity contribution in [3.8, 4) is 5.75 Å². The molecule has 0 bridgehead atoms. The number of carbonyl (C=O) groups is 2. The predicted molar refractivity (Wildman–Crippen MR) is 121 cm³/mol. The number of hydrogen-bond acceptors (Lipinski definition) is 6. The second-order valence-corrected chi connectivity index (χ2v) is 11.5. The van der Waals surface area contributed by atoms with Gasteiger partial charge in [-0.05, 0) is 49.8 Å². The maximum absolute atomic E-state index is 13.1. The Balaban J connectivity index is 1.49. The molecule has 10 heteroatoms. The molecule has 4 rings (SSSR count). The predicted octanol–water partition coefficient (Wildman–Crippen LogP) is 3.21. The topological polar surface area (TPSA) is 102 Å². The van der Waals surface area contributed by atoms with Crippen LogP contribution in [0.3, 0.4) is 0 Å². The number of benzene rings is 1. The molecular weight excluding hydrogens is 460 g/mol. The molecule has 1 atom stereocenters. The summed E-state index contributed by atoms with van der Waals surface area (Å²) in [7, 11) is -3.10. The van der Waals surface area contributed by atoms with Crippen molar-refractivity contribution in [2.24, 2.45) is 0 Å². The number of thiophene rings is 1. The Bertz CT molecular complexity index is 1110. The maximum atomic E-state index is 13.1. The highest BCUT2D eigenvalue weighted by molar-refractivity contribution is 7.91. The van der Waals surface area contributed by atoms with Gasteiger partial charge < -0.3 is 15.4 Å². The van der Waals surface area contributed by atoms with Crippen LogP contribution in [0.5, 0.6) is 5.75 Å². The molecule has 2 amide bonds. The first kappa shape index (κ1) is 22.1. The molecular formula is C21H23ClN2O5S2. The lowest BCUT2D eigenvalue weighted by Gasteiger charge is -2.15. The Hall–Kier alpha value is -2.10. The van der Waals surface area contributed by atoms with Gasteiger partial charge in [0.1, 0.15) is 10.8 Å². The first-order chi connectivity index (χ1) is 14.8. The maximum Gasteiger partial charge on any atom is 0.262 e. The summed E-state index contributed by atoms with van der Waals surface area (Å²) >= 11 is 7.46. The molecule has 2 aliphatic rings. The average Bonchev–Trinajstić information content (AvgIpc) is 3.26. The van der Waals surface area contributed by atoms with E-state index in [1.165, 1.54) is 11.3 Å². The molecule has 1 saturated heterocycles. The van der Waals surface area contributed by atoms with E-state index in [-0.39, 0.29) is 24.0 Å². The van der Waals surface area contributed by atoms with Crippen LogP contribution in [0.15, 0.2) is 24.3 Å². The van der Waals surface area contributed by atoms with E-state index < -0.39 is 21.8 Å². The van der Waals surface area contributed by atoms with Gasteiger partial charge in [-0.1, -0.05) is 23.7 Å². The lowest BCUT2D eigenvalue weighted by molar-refractivity contribution is -0.118. The molecule has 166 valence electrons. The Labute approximate surface area is 190 Å². The van der Waals surface area contributed by atoms with E-state index >= 15 is 0 Å². The van der Waals surface area contributed by atoms with Crippen LogP contribution >= 0.6 is 22.9 Å². The van der Waals surface area contributed by atoms with Crippen LogP contribution in [0, 0.1) is 0 Å². The van der Waals surface area contributed by atoms with E-state index in [1.807, 2.05) is 0 Å². The number of ether oxygens (including phenoxy) is 1. The van der Waals surface area contributed by atoms with E-state index in [9.17, 15) is 18.0 Å². The minimum atomic E-state index is -3.10. The summed E-state index contributed by atoms with van der Waals surface area (Å²) in [5, 5.41) is 6.56. The second-order valence-electron chi connectivity index (χ2n) is 7.76. The van der Waals surface area contributed by atoms with Gasteiger partial charge in [0.05, 0.1) is 22.1 Å². The molecule has 2 heterocycles. The normalized spacial score (nSPS) is 19.5. The monoisotopic (exact) mass is 482 g/mol. The number of anilines is 1. The van der Waals surface area contributed by atoms with Crippen LogP contribution in [0.4, 0.5) is 5.00 Å². The van der Waals surface area contributed by atoms with Gasteiger partial charge in [0, 0.05) is 10.9 Å². The molecule has 31 heavy (non-hydrogen) atoms. The van der Waals surface area contributed by atoms with Crippen LogP contribution in [0.1, 0.15) is 40.1 Å². The van der Waals surface area contributed by atoms with Gasteiger partial charge in [-0.15, -0.1) is 11.3 Å². The van der Waals surface area contributed by atoms with Crippen LogP contribution < -0.4 is 15.4 Å². The van der Waals surface area contributed by atoms with E-state index in [0.29, 0.717) is 27.8 Å². The van der Waals surface area contributed by atoms with Gasteiger partial charge in [-0.2, -0.15) is 0 Å². The summed E-state index contributed by atoms with van der Waals surface area (Å²) in [5.41, 5.74) is 1.41. The van der Waals surface area contributed by atoms with E-state index in [2.05, 4.69) is 10.6 Å². The van der Waals surface area contributed by atoms with Crippen LogP contribution in [-0.4, -0.2) is 44.4 Å². The lowest BCUT2D eigenvalue weighted by Crippen LogP contribution is -2.36. The SMILES string of the molecule is O=C(COc1ccccc1Cl)Nc1sc2c(c1C(=O)NC1CCS(=O)(=O)C1)CCCC2. The number of carbonyl (C=O) groups excluding carboxylic acids is 2. The summed E-state index contributed by atoms with van der Waals surface area (Å²) < 4.78 is 29.0. The zero-order chi connectivity index (χ0) is 22.0. The molecule has 1 aliphatic heterocycles. The highest BCUT2D eigenvalue weighted by atomic mass is 35.5. The van der Waals surface area contributed by atoms with Crippen molar-refractivity contribution in [2.75, 3.05) is 23.4 Å². The van der Waals surface area contributed by atoms with Crippen molar-refractivity contribution >= 4 is 49.6 Å². The fourth-order valence-electron chi connectivity index (χ4n) is 3.93. The minimum absolute atomic E-state index is 0.0432. The third-order valence-electron chi connectivity index (χ3n) is 5.41. The van der Waals surface area contributed by atoms with E-state index in [1.54, 1.807) is 24.3 Å². The third kappa shape index (κ3) is 5.22. The number of aryl methyl sites for hydroxylation is 1. The summed E-state index contributed by atoms with van der Waals surface area (Å²) in [4.78, 5) is 26.7. The van der Waals surface area contributed by atoms with Crippen molar-refractivity contribution in [3.63, 3.8) is 0 Å². The van der Waals surface area contributed by atoms with Crippen molar-refractivity contribution in [2.45, 2.75) is 38.1 Å². The zero-order valence-corrected chi connectivity index (χ0v) is 19.2. The standard InChI is InChI=1S/C21H23ClN2O5S2/c22-15-6-2-3-7-16(15)29-11-18(25)24-21-19(14-5-1-4-8-17(14)30-21)20(26)23-13-9-10-31(27,28)12-13/h2-3,6-7,13H,1,4-5,8-12H2,(H,23,26)(H,24,25). The molecule has 1 fully saturated rings. The van der Waals surface area contributed by atoms with Gasteiger partial charge in [-0.3, -0.25) is 9.59 Å². The quantitative estimate of drug-likeness (QED) is 0.658. The van der Waals surface area contributed by atoms with Crippen LogP contribution in [0.25, 0.3) is 0 Å². The molecule has 0 spiro atoms. The number of amides is 2.